The van der Waals surface area contributed by atoms with E-state index in [-0.39, 0.29) is 12.3 Å². The van der Waals surface area contributed by atoms with Crippen molar-refractivity contribution in [2.75, 3.05) is 13.2 Å². The van der Waals surface area contributed by atoms with Crippen molar-refractivity contribution in [1.82, 2.24) is 16.0 Å². The molecule has 0 aromatic heterocycles. The van der Waals surface area contributed by atoms with Crippen molar-refractivity contribution in [3.8, 4) is 0 Å². The van der Waals surface area contributed by atoms with Crippen molar-refractivity contribution >= 4 is 23.7 Å². The molecule has 0 aromatic carbocycles. The lowest BCUT2D eigenvalue weighted by atomic mass is 10.0. The van der Waals surface area contributed by atoms with Gasteiger partial charge in [0.1, 0.15) is 18.1 Å². The molecule has 0 fully saturated rings. The van der Waals surface area contributed by atoms with Gasteiger partial charge in [-0.3, -0.25) is 14.4 Å². The number of aliphatic carboxylic acids is 1. The van der Waals surface area contributed by atoms with Gasteiger partial charge >= 0.3 is 5.97 Å². The molecule has 4 unspecified atom stereocenters. The van der Waals surface area contributed by atoms with E-state index in [4.69, 9.17) is 21.7 Å². The number of unbranched alkanes of at least 4 members (excludes halogenated alkanes) is 1. The van der Waals surface area contributed by atoms with Crippen LogP contribution in [0.1, 0.15) is 46.5 Å². The monoisotopic (exact) mass is 417 g/mol. The summed E-state index contributed by atoms with van der Waals surface area (Å²) in [6.45, 7) is 4.85. The molecule has 3 amide bonds. The minimum absolute atomic E-state index is 0.0179. The van der Waals surface area contributed by atoms with E-state index in [1.165, 1.54) is 6.92 Å². The van der Waals surface area contributed by atoms with Gasteiger partial charge in [0.2, 0.25) is 17.7 Å². The fraction of sp³-hybridized carbons (Fsp3) is 0.778. The number of hydrogen-bond acceptors (Lipinski definition) is 7. The van der Waals surface area contributed by atoms with Crippen LogP contribution >= 0.6 is 0 Å². The van der Waals surface area contributed by atoms with Gasteiger partial charge < -0.3 is 37.6 Å². The number of carboxylic acids is 1. The Hall–Kier alpha value is -2.24. The Morgan fingerprint density at radius 3 is 1.97 bits per heavy atom. The number of aliphatic hydroxyl groups is 1. The topological polar surface area (TPSA) is 197 Å². The maximum absolute atomic E-state index is 12.4. The molecule has 9 N–H and O–H groups in total. The van der Waals surface area contributed by atoms with E-state index < -0.39 is 54.5 Å². The van der Waals surface area contributed by atoms with Gasteiger partial charge in [-0.2, -0.15) is 0 Å². The molecular formula is C18H35N5O6. The number of hydrogen-bond donors (Lipinski definition) is 7. The number of carbonyl (C=O) groups excluding carboxylic acids is 3. The fourth-order valence-electron chi connectivity index (χ4n) is 2.48. The van der Waals surface area contributed by atoms with E-state index in [0.717, 1.165) is 6.42 Å². The van der Waals surface area contributed by atoms with Gasteiger partial charge in [-0.15, -0.1) is 0 Å². The number of nitrogens with two attached hydrogens (primary N) is 2. The SMILES string of the molecule is CC(C)CC(NC(=O)C(C)NC(=O)C(N)CCCCN)C(=O)NC(CO)C(=O)O. The summed E-state index contributed by atoms with van der Waals surface area (Å²) in [7, 11) is 0. The van der Waals surface area contributed by atoms with Crippen molar-refractivity contribution in [2.45, 2.75) is 70.6 Å². The highest BCUT2D eigenvalue weighted by atomic mass is 16.4. The third kappa shape index (κ3) is 10.8. The molecule has 0 aliphatic heterocycles. The van der Waals surface area contributed by atoms with Crippen LogP contribution in [0, 0.1) is 5.92 Å². The zero-order valence-corrected chi connectivity index (χ0v) is 17.3. The van der Waals surface area contributed by atoms with Crippen LogP contribution in [0.2, 0.25) is 0 Å². The van der Waals surface area contributed by atoms with Gasteiger partial charge in [0.25, 0.3) is 0 Å². The smallest absolute Gasteiger partial charge is 0.328 e. The second-order valence-electron chi connectivity index (χ2n) is 7.39. The Morgan fingerprint density at radius 1 is 0.897 bits per heavy atom. The molecule has 29 heavy (non-hydrogen) atoms. The summed E-state index contributed by atoms with van der Waals surface area (Å²) in [5.74, 6) is -3.19. The largest absolute Gasteiger partial charge is 0.480 e. The summed E-state index contributed by atoms with van der Waals surface area (Å²) in [5, 5.41) is 25.2. The van der Waals surface area contributed by atoms with Crippen molar-refractivity contribution in [1.29, 1.82) is 0 Å². The summed E-state index contributed by atoms with van der Waals surface area (Å²) in [6.07, 6.45) is 2.12. The minimum atomic E-state index is -1.47. The quantitative estimate of drug-likeness (QED) is 0.158. The van der Waals surface area contributed by atoms with E-state index in [2.05, 4.69) is 16.0 Å². The number of amides is 3. The van der Waals surface area contributed by atoms with E-state index in [0.29, 0.717) is 19.4 Å². The molecule has 0 aromatic rings. The molecule has 0 aliphatic carbocycles. The Morgan fingerprint density at radius 2 is 1.48 bits per heavy atom. The third-order valence-corrected chi connectivity index (χ3v) is 4.20. The molecule has 168 valence electrons. The first-order valence-corrected chi connectivity index (χ1v) is 9.73. The highest BCUT2D eigenvalue weighted by Crippen LogP contribution is 2.06. The Labute approximate surface area is 171 Å². The number of carboxylic acid groups (broad SMARTS) is 1. The highest BCUT2D eigenvalue weighted by molar-refractivity contribution is 5.93. The second kappa shape index (κ2) is 13.9. The normalized spacial score (nSPS) is 15.1. The van der Waals surface area contributed by atoms with Crippen LogP contribution in [0.4, 0.5) is 0 Å². The fourth-order valence-corrected chi connectivity index (χ4v) is 2.48. The Kier molecular flexibility index (Phi) is 12.8. The summed E-state index contributed by atoms with van der Waals surface area (Å²) in [6, 6.07) is -4.21. The van der Waals surface area contributed by atoms with Gasteiger partial charge in [-0.1, -0.05) is 20.3 Å². The molecule has 0 saturated heterocycles. The van der Waals surface area contributed by atoms with Crippen molar-refractivity contribution in [3.63, 3.8) is 0 Å². The van der Waals surface area contributed by atoms with Crippen molar-refractivity contribution < 1.29 is 29.4 Å². The minimum Gasteiger partial charge on any atom is -0.480 e. The van der Waals surface area contributed by atoms with Crippen molar-refractivity contribution in [3.05, 3.63) is 0 Å². The average molecular weight is 418 g/mol. The summed E-state index contributed by atoms with van der Waals surface area (Å²) in [5.41, 5.74) is 11.2. The molecule has 0 radical (unpaired) electrons. The number of nitrogens with one attached hydrogen (secondary N) is 3. The van der Waals surface area contributed by atoms with Crippen LogP contribution in [0.5, 0.6) is 0 Å². The Bertz CT molecular complexity index is 557. The van der Waals surface area contributed by atoms with Crippen LogP contribution in [0.3, 0.4) is 0 Å². The number of aliphatic hydroxyl groups excluding tert-OH is 1. The second-order valence-corrected chi connectivity index (χ2v) is 7.39. The zero-order valence-electron chi connectivity index (χ0n) is 17.3. The van der Waals surface area contributed by atoms with E-state index >= 15 is 0 Å². The lowest BCUT2D eigenvalue weighted by molar-refractivity contribution is -0.143. The zero-order chi connectivity index (χ0) is 22.6. The maximum Gasteiger partial charge on any atom is 0.328 e. The molecule has 0 spiro atoms. The first-order chi connectivity index (χ1) is 13.5. The molecule has 0 saturated carbocycles. The molecule has 0 rings (SSSR count). The van der Waals surface area contributed by atoms with Gasteiger partial charge in [-0.05, 0) is 38.6 Å². The third-order valence-electron chi connectivity index (χ3n) is 4.20. The average Bonchev–Trinajstić information content (AvgIpc) is 2.64. The van der Waals surface area contributed by atoms with Crippen LogP contribution in [-0.2, 0) is 19.2 Å². The predicted octanol–water partition coefficient (Wildman–Crippen LogP) is -1.96. The highest BCUT2D eigenvalue weighted by Gasteiger charge is 2.28. The standard InChI is InChI=1S/C18H35N5O6/c1-10(2)8-13(17(27)23-14(9-24)18(28)29)22-15(25)11(3)21-16(26)12(20)6-4-5-7-19/h10-14,24H,4-9,19-20H2,1-3H3,(H,21,26)(H,22,25)(H,23,27)(H,28,29). The molecule has 11 nitrogen and oxygen atoms in total. The maximum atomic E-state index is 12.4. The molecule has 0 bridgehead atoms. The van der Waals surface area contributed by atoms with E-state index in [1.807, 2.05) is 13.8 Å². The Balaban J connectivity index is 4.88. The summed E-state index contributed by atoms with van der Waals surface area (Å²) < 4.78 is 0. The van der Waals surface area contributed by atoms with Gasteiger partial charge in [0, 0.05) is 0 Å². The molecular weight excluding hydrogens is 382 g/mol. The summed E-state index contributed by atoms with van der Waals surface area (Å²) in [4.78, 5) is 47.9. The van der Waals surface area contributed by atoms with Crippen LogP contribution in [0.15, 0.2) is 0 Å². The van der Waals surface area contributed by atoms with Gasteiger partial charge in [-0.25, -0.2) is 4.79 Å². The van der Waals surface area contributed by atoms with Gasteiger partial charge in [0.15, 0.2) is 0 Å². The molecule has 0 heterocycles. The molecule has 4 atom stereocenters. The van der Waals surface area contributed by atoms with Crippen LogP contribution in [0.25, 0.3) is 0 Å². The summed E-state index contributed by atoms with van der Waals surface area (Å²) >= 11 is 0. The lowest BCUT2D eigenvalue weighted by Gasteiger charge is -2.24. The molecule has 11 heteroatoms. The first-order valence-electron chi connectivity index (χ1n) is 9.73. The van der Waals surface area contributed by atoms with Crippen molar-refractivity contribution in [2.24, 2.45) is 17.4 Å². The number of carbonyl (C=O) groups is 4. The molecule has 0 aliphatic rings. The first kappa shape index (κ1) is 26.8. The van der Waals surface area contributed by atoms with E-state index in [9.17, 15) is 19.2 Å². The van der Waals surface area contributed by atoms with Crippen LogP contribution in [-0.4, -0.2) is 71.2 Å². The predicted molar refractivity (Wildman–Crippen MR) is 107 cm³/mol. The van der Waals surface area contributed by atoms with Gasteiger partial charge in [0.05, 0.1) is 12.6 Å². The van der Waals surface area contributed by atoms with E-state index in [1.54, 1.807) is 0 Å². The lowest BCUT2D eigenvalue weighted by Crippen LogP contribution is -2.57. The van der Waals surface area contributed by atoms with Crippen LogP contribution < -0.4 is 27.4 Å². The number of rotatable bonds is 14.